The number of hydrogen-bond donors (Lipinski definition) is 2. The summed E-state index contributed by atoms with van der Waals surface area (Å²) in [5, 5.41) is 12.2. The number of likely N-dealkylation sites (N-methyl/N-ethyl adjacent to an activating group) is 1. The molecule has 1 aliphatic heterocycles. The summed E-state index contributed by atoms with van der Waals surface area (Å²) in [5.74, 6) is -0.608. The van der Waals surface area contributed by atoms with Crippen LogP contribution in [0, 0.1) is 0 Å². The van der Waals surface area contributed by atoms with E-state index in [1.807, 2.05) is 0 Å². The lowest BCUT2D eigenvalue weighted by Gasteiger charge is -2.13. The number of nitrogens with one attached hydrogen (secondary N) is 1. The van der Waals surface area contributed by atoms with Crippen LogP contribution in [0.25, 0.3) is 0 Å². The second-order valence-corrected chi connectivity index (χ2v) is 4.65. The standard InChI is InChI=1S/C12H13ClN2O3/c1-15-5-4-10(12(15)18)14-11(17)8-6-7(16)2-3-9(8)13/h2-3,6,10,16H,4-5H2,1H3,(H,14,17). The average molecular weight is 269 g/mol. The number of phenols is 1. The van der Waals surface area contributed by atoms with Crippen molar-refractivity contribution in [2.24, 2.45) is 0 Å². The molecule has 0 saturated carbocycles. The predicted molar refractivity (Wildman–Crippen MR) is 66.6 cm³/mol. The number of benzene rings is 1. The summed E-state index contributed by atoms with van der Waals surface area (Å²) in [5.41, 5.74) is 0.166. The second-order valence-electron chi connectivity index (χ2n) is 4.24. The molecular formula is C12H13ClN2O3. The van der Waals surface area contributed by atoms with Gasteiger partial charge in [-0.25, -0.2) is 0 Å². The number of carbonyl (C=O) groups is 2. The van der Waals surface area contributed by atoms with Gasteiger partial charge in [0.05, 0.1) is 10.6 Å². The van der Waals surface area contributed by atoms with Crippen molar-refractivity contribution in [1.82, 2.24) is 10.2 Å². The number of aromatic hydroxyl groups is 1. The van der Waals surface area contributed by atoms with Crippen LogP contribution in [-0.2, 0) is 4.79 Å². The highest BCUT2D eigenvalue weighted by atomic mass is 35.5. The fourth-order valence-electron chi connectivity index (χ4n) is 1.88. The van der Waals surface area contributed by atoms with Crippen molar-refractivity contribution in [2.75, 3.05) is 13.6 Å². The van der Waals surface area contributed by atoms with Crippen LogP contribution in [0.15, 0.2) is 18.2 Å². The number of amides is 2. The molecule has 0 bridgehead atoms. The molecule has 1 fully saturated rings. The molecule has 0 aromatic heterocycles. The number of hydrogen-bond acceptors (Lipinski definition) is 3. The monoisotopic (exact) mass is 268 g/mol. The Hall–Kier alpha value is -1.75. The lowest BCUT2D eigenvalue weighted by atomic mass is 10.1. The Morgan fingerprint density at radius 3 is 2.89 bits per heavy atom. The third-order valence-electron chi connectivity index (χ3n) is 2.93. The number of rotatable bonds is 2. The van der Waals surface area contributed by atoms with Crippen LogP contribution in [-0.4, -0.2) is 41.5 Å². The van der Waals surface area contributed by atoms with Crippen LogP contribution in [0.1, 0.15) is 16.8 Å². The van der Waals surface area contributed by atoms with Crippen LogP contribution >= 0.6 is 11.6 Å². The van der Waals surface area contributed by atoms with E-state index < -0.39 is 11.9 Å². The van der Waals surface area contributed by atoms with Crippen LogP contribution in [0.2, 0.25) is 5.02 Å². The summed E-state index contributed by atoms with van der Waals surface area (Å²) in [6, 6.07) is 3.60. The van der Waals surface area contributed by atoms with Crippen molar-refractivity contribution in [1.29, 1.82) is 0 Å². The molecule has 5 nitrogen and oxygen atoms in total. The first-order valence-corrected chi connectivity index (χ1v) is 5.91. The third kappa shape index (κ3) is 2.41. The van der Waals surface area contributed by atoms with E-state index in [-0.39, 0.29) is 22.2 Å². The zero-order valence-electron chi connectivity index (χ0n) is 9.81. The predicted octanol–water partition coefficient (Wildman–Crippen LogP) is 1.01. The zero-order valence-corrected chi connectivity index (χ0v) is 10.6. The molecule has 18 heavy (non-hydrogen) atoms. The quantitative estimate of drug-likeness (QED) is 0.841. The molecule has 1 aromatic carbocycles. The number of nitrogens with zero attached hydrogens (tertiary/aromatic N) is 1. The maximum atomic E-state index is 11.9. The van der Waals surface area contributed by atoms with Gasteiger partial charge < -0.3 is 15.3 Å². The number of likely N-dealkylation sites (tertiary alicyclic amines) is 1. The van der Waals surface area contributed by atoms with E-state index in [0.29, 0.717) is 13.0 Å². The summed E-state index contributed by atoms with van der Waals surface area (Å²) in [6.07, 6.45) is 0.581. The molecule has 2 N–H and O–H groups in total. The molecule has 0 aliphatic carbocycles. The Kier molecular flexibility index (Phi) is 3.43. The molecular weight excluding hydrogens is 256 g/mol. The van der Waals surface area contributed by atoms with Gasteiger partial charge in [0.25, 0.3) is 5.91 Å². The minimum absolute atomic E-state index is 0.0422. The Morgan fingerprint density at radius 2 is 2.28 bits per heavy atom. The summed E-state index contributed by atoms with van der Waals surface area (Å²) in [4.78, 5) is 25.2. The summed E-state index contributed by atoms with van der Waals surface area (Å²) >= 11 is 5.87. The topological polar surface area (TPSA) is 69.6 Å². The average Bonchev–Trinajstić information content (AvgIpc) is 2.64. The highest BCUT2D eigenvalue weighted by Gasteiger charge is 2.30. The number of phenolic OH excluding ortho intramolecular Hbond substituents is 1. The third-order valence-corrected chi connectivity index (χ3v) is 3.26. The Morgan fingerprint density at radius 1 is 1.56 bits per heavy atom. The molecule has 0 spiro atoms. The van der Waals surface area contributed by atoms with Gasteiger partial charge >= 0.3 is 0 Å². The van der Waals surface area contributed by atoms with Gasteiger partial charge in [-0.3, -0.25) is 9.59 Å². The highest BCUT2D eigenvalue weighted by Crippen LogP contribution is 2.21. The molecule has 1 saturated heterocycles. The Labute approximate surface area is 109 Å². The second kappa shape index (κ2) is 4.86. The van der Waals surface area contributed by atoms with Crippen molar-refractivity contribution < 1.29 is 14.7 Å². The molecule has 1 aromatic rings. The normalized spacial score (nSPS) is 19.1. The van der Waals surface area contributed by atoms with Crippen LogP contribution in [0.4, 0.5) is 0 Å². The number of halogens is 1. The molecule has 2 amide bonds. The van der Waals surface area contributed by atoms with Crippen molar-refractivity contribution in [2.45, 2.75) is 12.5 Å². The fraction of sp³-hybridized carbons (Fsp3) is 0.333. The Bertz CT molecular complexity index is 504. The highest BCUT2D eigenvalue weighted by molar-refractivity contribution is 6.34. The molecule has 1 aliphatic rings. The van der Waals surface area contributed by atoms with E-state index in [1.165, 1.54) is 18.2 Å². The van der Waals surface area contributed by atoms with Gasteiger partial charge in [-0.05, 0) is 24.6 Å². The molecule has 1 unspecified atom stereocenters. The molecule has 6 heteroatoms. The largest absolute Gasteiger partial charge is 0.508 e. The van der Waals surface area contributed by atoms with Gasteiger partial charge in [0, 0.05) is 13.6 Å². The van der Waals surface area contributed by atoms with Crippen molar-refractivity contribution in [3.05, 3.63) is 28.8 Å². The lowest BCUT2D eigenvalue weighted by molar-refractivity contribution is -0.128. The SMILES string of the molecule is CN1CCC(NC(=O)c2cc(O)ccc2Cl)C1=O. The maximum Gasteiger partial charge on any atom is 0.253 e. The van der Waals surface area contributed by atoms with Crippen LogP contribution in [0.3, 0.4) is 0 Å². The van der Waals surface area contributed by atoms with E-state index >= 15 is 0 Å². The van der Waals surface area contributed by atoms with Gasteiger partial charge in [0.15, 0.2) is 0 Å². The van der Waals surface area contributed by atoms with Crippen molar-refractivity contribution >= 4 is 23.4 Å². The molecule has 2 rings (SSSR count). The smallest absolute Gasteiger partial charge is 0.253 e. The first kappa shape index (κ1) is 12.7. The van der Waals surface area contributed by atoms with Crippen molar-refractivity contribution in [3.8, 4) is 5.75 Å². The van der Waals surface area contributed by atoms with E-state index in [4.69, 9.17) is 11.6 Å². The Balaban J connectivity index is 2.13. The first-order chi connectivity index (χ1) is 8.49. The van der Waals surface area contributed by atoms with Gasteiger partial charge in [0.1, 0.15) is 11.8 Å². The number of carbonyl (C=O) groups excluding carboxylic acids is 2. The molecule has 96 valence electrons. The van der Waals surface area contributed by atoms with E-state index in [2.05, 4.69) is 5.32 Å². The van der Waals surface area contributed by atoms with Crippen LogP contribution in [0.5, 0.6) is 5.75 Å². The van der Waals surface area contributed by atoms with Gasteiger partial charge in [-0.2, -0.15) is 0 Å². The van der Waals surface area contributed by atoms with Gasteiger partial charge in [-0.1, -0.05) is 11.6 Å². The lowest BCUT2D eigenvalue weighted by Crippen LogP contribution is -2.40. The first-order valence-electron chi connectivity index (χ1n) is 5.53. The maximum absolute atomic E-state index is 11.9. The minimum Gasteiger partial charge on any atom is -0.508 e. The van der Waals surface area contributed by atoms with Gasteiger partial charge in [-0.15, -0.1) is 0 Å². The van der Waals surface area contributed by atoms with Crippen LogP contribution < -0.4 is 5.32 Å². The minimum atomic E-state index is -0.513. The van der Waals surface area contributed by atoms with E-state index in [0.717, 1.165) is 0 Å². The molecule has 1 heterocycles. The summed E-state index contributed by atoms with van der Waals surface area (Å²) in [6.45, 7) is 0.623. The van der Waals surface area contributed by atoms with Crippen molar-refractivity contribution in [3.63, 3.8) is 0 Å². The molecule has 0 radical (unpaired) electrons. The molecule has 1 atom stereocenters. The summed E-state index contributed by atoms with van der Waals surface area (Å²) < 4.78 is 0. The van der Waals surface area contributed by atoms with Gasteiger partial charge in [0.2, 0.25) is 5.91 Å². The van der Waals surface area contributed by atoms with E-state index in [9.17, 15) is 14.7 Å². The zero-order chi connectivity index (χ0) is 13.3. The summed E-state index contributed by atoms with van der Waals surface area (Å²) in [7, 11) is 1.69. The van der Waals surface area contributed by atoms with E-state index in [1.54, 1.807) is 11.9 Å². The fourth-order valence-corrected chi connectivity index (χ4v) is 2.08.